The topological polar surface area (TPSA) is 92.0 Å². The molecule has 0 unspecified atom stereocenters. The first-order valence-corrected chi connectivity index (χ1v) is 10.4. The lowest BCUT2D eigenvalue weighted by Crippen LogP contribution is -2.38. The fraction of sp³-hybridized carbons (Fsp3) is 0.143. The molecule has 3 aromatic rings. The maximum atomic E-state index is 13.0. The molecule has 0 fully saturated rings. The van der Waals surface area contributed by atoms with Gasteiger partial charge in [0, 0.05) is 0 Å². The lowest BCUT2D eigenvalue weighted by Gasteiger charge is -2.20. The highest BCUT2D eigenvalue weighted by molar-refractivity contribution is 7.89. The number of furan rings is 1. The summed E-state index contributed by atoms with van der Waals surface area (Å²) in [6, 6.07) is 18.9. The maximum Gasteiger partial charge on any atom is 0.255 e. The van der Waals surface area contributed by atoms with Gasteiger partial charge in [0.25, 0.3) is 5.91 Å². The van der Waals surface area contributed by atoms with E-state index >= 15 is 0 Å². The number of benzene rings is 2. The van der Waals surface area contributed by atoms with Crippen LogP contribution in [0.4, 0.5) is 0 Å². The molecule has 1 heterocycles. The van der Waals surface area contributed by atoms with E-state index in [1.165, 1.54) is 24.6 Å². The van der Waals surface area contributed by atoms with Crippen LogP contribution < -0.4 is 5.43 Å². The number of sulfonamides is 1. The van der Waals surface area contributed by atoms with Crippen molar-refractivity contribution >= 4 is 22.1 Å². The highest BCUT2D eigenvalue weighted by atomic mass is 32.2. The molecule has 29 heavy (non-hydrogen) atoms. The van der Waals surface area contributed by atoms with Gasteiger partial charge in [-0.05, 0) is 36.8 Å². The Morgan fingerprint density at radius 1 is 1.10 bits per heavy atom. The summed E-state index contributed by atoms with van der Waals surface area (Å²) in [6.45, 7) is 1.49. The molecule has 0 saturated carbocycles. The van der Waals surface area contributed by atoms with Crippen molar-refractivity contribution in [1.29, 1.82) is 0 Å². The molecular formula is C21H21N3O4S. The zero-order valence-corrected chi connectivity index (χ0v) is 16.7. The van der Waals surface area contributed by atoms with Crippen LogP contribution in [0.2, 0.25) is 0 Å². The van der Waals surface area contributed by atoms with Crippen molar-refractivity contribution in [3.8, 4) is 0 Å². The SMILES string of the molecule is Cc1cccc(/C=N\NC(=O)CN(Cc2ccco2)S(=O)(=O)c2ccccc2)c1. The van der Waals surface area contributed by atoms with Crippen LogP contribution in [-0.4, -0.2) is 31.4 Å². The van der Waals surface area contributed by atoms with Crippen LogP contribution in [0.3, 0.4) is 0 Å². The van der Waals surface area contributed by atoms with E-state index in [-0.39, 0.29) is 11.4 Å². The molecule has 0 radical (unpaired) electrons. The fourth-order valence-corrected chi connectivity index (χ4v) is 4.05. The molecule has 1 aromatic heterocycles. The molecule has 0 aliphatic heterocycles. The van der Waals surface area contributed by atoms with E-state index in [2.05, 4.69) is 10.5 Å². The number of carbonyl (C=O) groups excluding carboxylic acids is 1. The molecule has 0 aliphatic rings. The third-order valence-corrected chi connectivity index (χ3v) is 5.86. The summed E-state index contributed by atoms with van der Waals surface area (Å²) in [4.78, 5) is 12.5. The molecule has 0 bridgehead atoms. The summed E-state index contributed by atoms with van der Waals surface area (Å²) in [5, 5.41) is 3.92. The second-order valence-corrected chi connectivity index (χ2v) is 8.31. The fourth-order valence-electron chi connectivity index (χ4n) is 2.67. The third-order valence-electron chi connectivity index (χ3n) is 4.06. The molecule has 0 atom stereocenters. The van der Waals surface area contributed by atoms with Crippen molar-refractivity contribution in [2.45, 2.75) is 18.4 Å². The molecule has 3 rings (SSSR count). The van der Waals surface area contributed by atoms with Crippen LogP contribution in [0.5, 0.6) is 0 Å². The highest BCUT2D eigenvalue weighted by Crippen LogP contribution is 2.18. The van der Waals surface area contributed by atoms with Crippen LogP contribution in [0.1, 0.15) is 16.9 Å². The normalized spacial score (nSPS) is 11.8. The van der Waals surface area contributed by atoms with Crippen molar-refractivity contribution in [3.63, 3.8) is 0 Å². The maximum absolute atomic E-state index is 13.0. The number of nitrogens with zero attached hydrogens (tertiary/aromatic N) is 2. The van der Waals surface area contributed by atoms with Gasteiger partial charge in [0.05, 0.1) is 30.5 Å². The van der Waals surface area contributed by atoms with Gasteiger partial charge in [-0.25, -0.2) is 13.8 Å². The van der Waals surface area contributed by atoms with E-state index in [0.717, 1.165) is 15.4 Å². The van der Waals surface area contributed by atoms with E-state index in [4.69, 9.17) is 4.42 Å². The summed E-state index contributed by atoms with van der Waals surface area (Å²) in [7, 11) is -3.89. The van der Waals surface area contributed by atoms with E-state index < -0.39 is 22.5 Å². The Kier molecular flexibility index (Phi) is 6.58. The second-order valence-electron chi connectivity index (χ2n) is 6.37. The number of nitrogens with one attached hydrogen (secondary N) is 1. The number of hydrogen-bond donors (Lipinski definition) is 1. The quantitative estimate of drug-likeness (QED) is 0.456. The molecule has 1 N–H and O–H groups in total. The molecule has 0 spiro atoms. The van der Waals surface area contributed by atoms with Crippen molar-refractivity contribution < 1.29 is 17.6 Å². The van der Waals surface area contributed by atoms with Crippen molar-refractivity contribution in [1.82, 2.24) is 9.73 Å². The first-order valence-electron chi connectivity index (χ1n) is 8.91. The molecular weight excluding hydrogens is 390 g/mol. The largest absolute Gasteiger partial charge is 0.468 e. The summed E-state index contributed by atoms with van der Waals surface area (Å²) < 4.78 is 32.3. The summed E-state index contributed by atoms with van der Waals surface area (Å²) in [5.74, 6) is -0.125. The Hall–Kier alpha value is -3.23. The van der Waals surface area contributed by atoms with Gasteiger partial charge in [-0.2, -0.15) is 9.41 Å². The molecule has 0 aliphatic carbocycles. The lowest BCUT2D eigenvalue weighted by atomic mass is 10.2. The first-order chi connectivity index (χ1) is 13.9. The van der Waals surface area contributed by atoms with Crippen molar-refractivity contribution in [2.24, 2.45) is 5.10 Å². The molecule has 0 saturated heterocycles. The number of hydrogen-bond acceptors (Lipinski definition) is 5. The van der Waals surface area contributed by atoms with Gasteiger partial charge in [0.2, 0.25) is 10.0 Å². The van der Waals surface area contributed by atoms with Crippen LogP contribution in [0.15, 0.2) is 87.4 Å². The Bertz CT molecular complexity index is 1080. The van der Waals surface area contributed by atoms with Crippen molar-refractivity contribution in [2.75, 3.05) is 6.54 Å². The molecule has 7 nitrogen and oxygen atoms in total. The number of amides is 1. The lowest BCUT2D eigenvalue weighted by molar-refractivity contribution is -0.121. The van der Waals surface area contributed by atoms with Crippen LogP contribution in [-0.2, 0) is 21.4 Å². The predicted molar refractivity (Wildman–Crippen MR) is 110 cm³/mol. The Balaban J connectivity index is 1.73. The number of aryl methyl sites for hydroxylation is 1. The molecule has 8 heteroatoms. The van der Waals surface area contributed by atoms with E-state index in [9.17, 15) is 13.2 Å². The summed E-state index contributed by atoms with van der Waals surface area (Å²) >= 11 is 0. The second kappa shape index (κ2) is 9.31. The van der Waals surface area contributed by atoms with Gasteiger partial charge in [-0.3, -0.25) is 4.79 Å². The van der Waals surface area contributed by atoms with E-state index in [1.807, 2.05) is 31.2 Å². The average molecular weight is 411 g/mol. The molecule has 1 amide bonds. The van der Waals surface area contributed by atoms with Crippen LogP contribution in [0, 0.1) is 6.92 Å². The number of rotatable bonds is 8. The minimum absolute atomic E-state index is 0.0702. The number of carbonyl (C=O) groups is 1. The minimum Gasteiger partial charge on any atom is -0.468 e. The van der Waals surface area contributed by atoms with Gasteiger partial charge in [0.15, 0.2) is 0 Å². The van der Waals surface area contributed by atoms with Gasteiger partial charge in [0.1, 0.15) is 5.76 Å². The zero-order valence-electron chi connectivity index (χ0n) is 15.9. The Labute approximate surface area is 169 Å². The van der Waals surface area contributed by atoms with Crippen molar-refractivity contribution in [3.05, 3.63) is 89.9 Å². The third kappa shape index (κ3) is 5.63. The smallest absolute Gasteiger partial charge is 0.255 e. The summed E-state index contributed by atoms with van der Waals surface area (Å²) in [5.41, 5.74) is 4.27. The Morgan fingerprint density at radius 3 is 2.59 bits per heavy atom. The van der Waals surface area contributed by atoms with E-state index in [0.29, 0.717) is 5.76 Å². The van der Waals surface area contributed by atoms with E-state index in [1.54, 1.807) is 30.3 Å². The highest BCUT2D eigenvalue weighted by Gasteiger charge is 2.27. The van der Waals surface area contributed by atoms with Crippen LogP contribution >= 0.6 is 0 Å². The first kappa shape index (κ1) is 20.5. The monoisotopic (exact) mass is 411 g/mol. The molecule has 2 aromatic carbocycles. The van der Waals surface area contributed by atoms with Crippen LogP contribution in [0.25, 0.3) is 0 Å². The number of hydrazone groups is 1. The summed E-state index contributed by atoms with van der Waals surface area (Å²) in [6.07, 6.45) is 2.96. The van der Waals surface area contributed by atoms with Gasteiger partial charge in [-0.15, -0.1) is 0 Å². The zero-order chi connectivity index (χ0) is 20.7. The Morgan fingerprint density at radius 2 is 1.90 bits per heavy atom. The van der Waals surface area contributed by atoms with Gasteiger partial charge in [-0.1, -0.05) is 48.0 Å². The van der Waals surface area contributed by atoms with Gasteiger partial charge < -0.3 is 4.42 Å². The minimum atomic E-state index is -3.89. The predicted octanol–water partition coefficient (Wildman–Crippen LogP) is 2.93. The molecule has 150 valence electrons. The standard InChI is InChI=1S/C21H21N3O4S/c1-17-7-5-8-18(13-17)14-22-23-21(25)16-24(15-19-9-6-12-28-19)29(26,27)20-10-3-2-4-11-20/h2-14H,15-16H2,1H3,(H,23,25)/b22-14-. The average Bonchev–Trinajstić information content (AvgIpc) is 3.21. The van der Waals surface area contributed by atoms with Gasteiger partial charge >= 0.3 is 0 Å².